The maximum absolute atomic E-state index is 13.5. The summed E-state index contributed by atoms with van der Waals surface area (Å²) in [5.74, 6) is -2.59. The summed E-state index contributed by atoms with van der Waals surface area (Å²) in [6.07, 6.45) is 0.375. The van der Waals surface area contributed by atoms with Crippen LogP contribution in [0.1, 0.15) is 6.42 Å². The zero-order valence-electron chi connectivity index (χ0n) is 12.8. The molecule has 2 aromatic rings. The van der Waals surface area contributed by atoms with Crippen LogP contribution >= 0.6 is 11.6 Å². The van der Waals surface area contributed by atoms with Gasteiger partial charge in [0.2, 0.25) is 0 Å². The van der Waals surface area contributed by atoms with Gasteiger partial charge in [-0.05, 0) is 36.2 Å². The SMILES string of the molecule is O=C(O)C1CCN1C(=O)Nc1cc(Cl)ccc1-c1cc(F)cc(F)c1. The van der Waals surface area contributed by atoms with Crippen LogP contribution in [0.25, 0.3) is 11.1 Å². The van der Waals surface area contributed by atoms with Crippen molar-refractivity contribution in [2.24, 2.45) is 0 Å². The van der Waals surface area contributed by atoms with Crippen LogP contribution in [-0.2, 0) is 4.79 Å². The van der Waals surface area contributed by atoms with Crippen molar-refractivity contribution in [3.05, 3.63) is 53.1 Å². The number of carboxylic acid groups (broad SMARTS) is 1. The Kier molecular flexibility index (Phi) is 4.59. The van der Waals surface area contributed by atoms with Crippen LogP contribution in [0, 0.1) is 11.6 Å². The number of amides is 2. The molecule has 25 heavy (non-hydrogen) atoms. The summed E-state index contributed by atoms with van der Waals surface area (Å²) < 4.78 is 27.0. The van der Waals surface area contributed by atoms with Gasteiger partial charge < -0.3 is 15.3 Å². The van der Waals surface area contributed by atoms with Crippen molar-refractivity contribution in [2.75, 3.05) is 11.9 Å². The minimum absolute atomic E-state index is 0.225. The molecule has 1 atom stereocenters. The number of carboxylic acids is 1. The van der Waals surface area contributed by atoms with Crippen LogP contribution in [0.2, 0.25) is 5.02 Å². The van der Waals surface area contributed by atoms with Crippen molar-refractivity contribution in [1.29, 1.82) is 0 Å². The Morgan fingerprint density at radius 3 is 2.40 bits per heavy atom. The highest BCUT2D eigenvalue weighted by atomic mass is 35.5. The molecule has 1 heterocycles. The van der Waals surface area contributed by atoms with Crippen molar-refractivity contribution >= 4 is 29.3 Å². The fourth-order valence-corrected chi connectivity index (χ4v) is 2.83. The molecule has 3 rings (SSSR count). The van der Waals surface area contributed by atoms with E-state index in [4.69, 9.17) is 16.7 Å². The zero-order chi connectivity index (χ0) is 18.1. The van der Waals surface area contributed by atoms with Crippen molar-refractivity contribution < 1.29 is 23.5 Å². The van der Waals surface area contributed by atoms with Gasteiger partial charge in [-0.25, -0.2) is 18.4 Å². The number of nitrogens with one attached hydrogen (secondary N) is 1. The molecule has 130 valence electrons. The van der Waals surface area contributed by atoms with Crippen molar-refractivity contribution in [1.82, 2.24) is 4.90 Å². The van der Waals surface area contributed by atoms with E-state index in [9.17, 15) is 18.4 Å². The number of aliphatic carboxylic acids is 1. The lowest BCUT2D eigenvalue weighted by Crippen LogP contribution is -2.56. The molecule has 5 nitrogen and oxygen atoms in total. The summed E-state index contributed by atoms with van der Waals surface area (Å²) in [5, 5.41) is 11.9. The molecule has 0 bridgehead atoms. The number of rotatable bonds is 3. The highest BCUT2D eigenvalue weighted by Gasteiger charge is 2.37. The van der Waals surface area contributed by atoms with Gasteiger partial charge in [0.15, 0.2) is 0 Å². The van der Waals surface area contributed by atoms with E-state index < -0.39 is 29.7 Å². The summed E-state index contributed by atoms with van der Waals surface area (Å²) in [4.78, 5) is 24.5. The number of anilines is 1. The first-order valence-electron chi connectivity index (χ1n) is 7.41. The standard InChI is InChI=1S/C17H13ClF2N2O3/c18-10-1-2-13(9-5-11(19)8-12(20)6-9)14(7-10)21-17(25)22-4-3-15(22)16(23)24/h1-2,5-8,15H,3-4H2,(H,21,25)(H,23,24). The van der Waals surface area contributed by atoms with Crippen LogP contribution < -0.4 is 5.32 Å². The molecule has 0 spiro atoms. The van der Waals surface area contributed by atoms with E-state index in [-0.39, 0.29) is 11.3 Å². The van der Waals surface area contributed by atoms with Gasteiger partial charge in [-0.15, -0.1) is 0 Å². The normalized spacial score (nSPS) is 16.3. The molecule has 0 aromatic heterocycles. The minimum Gasteiger partial charge on any atom is -0.480 e. The number of hydrogen-bond donors (Lipinski definition) is 2. The lowest BCUT2D eigenvalue weighted by molar-refractivity contribution is -0.145. The van der Waals surface area contributed by atoms with Crippen LogP contribution in [-0.4, -0.2) is 34.6 Å². The van der Waals surface area contributed by atoms with E-state index >= 15 is 0 Å². The Morgan fingerprint density at radius 1 is 1.16 bits per heavy atom. The average molecular weight is 367 g/mol. The third-order valence-corrected chi connectivity index (χ3v) is 4.20. The summed E-state index contributed by atoms with van der Waals surface area (Å²) in [6, 6.07) is 6.00. The zero-order valence-corrected chi connectivity index (χ0v) is 13.6. The number of likely N-dealkylation sites (tertiary alicyclic amines) is 1. The second kappa shape index (κ2) is 6.68. The quantitative estimate of drug-likeness (QED) is 0.863. The van der Waals surface area contributed by atoms with Crippen LogP contribution in [0.4, 0.5) is 19.3 Å². The van der Waals surface area contributed by atoms with Crippen molar-refractivity contribution in [3.8, 4) is 11.1 Å². The second-order valence-corrected chi connectivity index (χ2v) is 6.05. The fraction of sp³-hybridized carbons (Fsp3) is 0.176. The third kappa shape index (κ3) is 3.56. The molecule has 1 fully saturated rings. The first kappa shape index (κ1) is 17.2. The summed E-state index contributed by atoms with van der Waals surface area (Å²) >= 11 is 5.95. The number of carbonyl (C=O) groups excluding carboxylic acids is 1. The first-order valence-corrected chi connectivity index (χ1v) is 7.79. The fourth-order valence-electron chi connectivity index (χ4n) is 2.66. The van der Waals surface area contributed by atoms with E-state index in [1.54, 1.807) is 0 Å². The molecule has 0 radical (unpaired) electrons. The Morgan fingerprint density at radius 2 is 1.84 bits per heavy atom. The number of hydrogen-bond acceptors (Lipinski definition) is 2. The van der Waals surface area contributed by atoms with Gasteiger partial charge in [0.25, 0.3) is 0 Å². The Hall–Kier alpha value is -2.67. The first-order chi connectivity index (χ1) is 11.8. The number of halogens is 3. The van der Waals surface area contributed by atoms with E-state index in [0.29, 0.717) is 23.6 Å². The molecule has 1 unspecified atom stereocenters. The predicted molar refractivity (Wildman–Crippen MR) is 88.6 cm³/mol. The molecule has 1 saturated heterocycles. The smallest absolute Gasteiger partial charge is 0.326 e. The van der Waals surface area contributed by atoms with Gasteiger partial charge in [0.05, 0.1) is 5.69 Å². The predicted octanol–water partition coefficient (Wildman–Crippen LogP) is 3.98. The van der Waals surface area contributed by atoms with Gasteiger partial charge >= 0.3 is 12.0 Å². The Bertz CT molecular complexity index is 840. The largest absolute Gasteiger partial charge is 0.480 e. The molecule has 0 aliphatic carbocycles. The molecule has 2 aromatic carbocycles. The van der Waals surface area contributed by atoms with Crippen LogP contribution in [0.15, 0.2) is 36.4 Å². The van der Waals surface area contributed by atoms with Gasteiger partial charge in [0.1, 0.15) is 17.7 Å². The number of carbonyl (C=O) groups is 2. The monoisotopic (exact) mass is 366 g/mol. The van der Waals surface area contributed by atoms with Gasteiger partial charge in [-0.3, -0.25) is 0 Å². The average Bonchev–Trinajstić information content (AvgIpc) is 2.44. The molecule has 2 N–H and O–H groups in total. The number of urea groups is 1. The summed E-state index contributed by atoms with van der Waals surface area (Å²) in [7, 11) is 0. The van der Waals surface area contributed by atoms with Gasteiger partial charge in [0, 0.05) is 23.2 Å². The van der Waals surface area contributed by atoms with E-state index in [1.165, 1.54) is 23.1 Å². The number of benzene rings is 2. The lowest BCUT2D eigenvalue weighted by Gasteiger charge is -2.37. The van der Waals surface area contributed by atoms with Gasteiger partial charge in [-0.2, -0.15) is 0 Å². The maximum Gasteiger partial charge on any atom is 0.326 e. The summed E-state index contributed by atoms with van der Waals surface area (Å²) in [6.45, 7) is 0.313. The molecule has 8 heteroatoms. The molecule has 1 aliphatic rings. The second-order valence-electron chi connectivity index (χ2n) is 5.61. The van der Waals surface area contributed by atoms with Gasteiger partial charge in [-0.1, -0.05) is 17.7 Å². The van der Waals surface area contributed by atoms with Crippen molar-refractivity contribution in [3.63, 3.8) is 0 Å². The Labute approximate surface area is 146 Å². The Balaban J connectivity index is 1.92. The highest BCUT2D eigenvalue weighted by Crippen LogP contribution is 2.32. The van der Waals surface area contributed by atoms with Crippen LogP contribution in [0.3, 0.4) is 0 Å². The van der Waals surface area contributed by atoms with E-state index in [0.717, 1.165) is 18.2 Å². The molecule has 0 saturated carbocycles. The lowest BCUT2D eigenvalue weighted by atomic mass is 10.0. The number of nitrogens with zero attached hydrogens (tertiary/aromatic N) is 1. The van der Waals surface area contributed by atoms with E-state index in [2.05, 4.69) is 5.32 Å². The molecular weight excluding hydrogens is 354 g/mol. The highest BCUT2D eigenvalue weighted by molar-refractivity contribution is 6.31. The topological polar surface area (TPSA) is 69.6 Å². The van der Waals surface area contributed by atoms with E-state index in [1.807, 2.05) is 0 Å². The van der Waals surface area contributed by atoms with Crippen LogP contribution in [0.5, 0.6) is 0 Å². The maximum atomic E-state index is 13.5. The van der Waals surface area contributed by atoms with Crippen molar-refractivity contribution in [2.45, 2.75) is 12.5 Å². The third-order valence-electron chi connectivity index (χ3n) is 3.96. The summed E-state index contributed by atoms with van der Waals surface area (Å²) in [5.41, 5.74) is 0.824. The molecular formula is C17H13ClF2N2O3. The molecule has 2 amide bonds. The molecule has 1 aliphatic heterocycles. The minimum atomic E-state index is -1.08.